The van der Waals surface area contributed by atoms with Gasteiger partial charge in [-0.25, -0.2) is 4.79 Å². The highest BCUT2D eigenvalue weighted by molar-refractivity contribution is 5.98. The van der Waals surface area contributed by atoms with Crippen LogP contribution in [0.15, 0.2) is 18.2 Å². The molecule has 7 heteroatoms. The van der Waals surface area contributed by atoms with E-state index in [4.69, 9.17) is 23.7 Å². The lowest BCUT2D eigenvalue weighted by Crippen LogP contribution is -2.34. The Kier molecular flexibility index (Phi) is 3.87. The van der Waals surface area contributed by atoms with Crippen LogP contribution < -0.4 is 24.3 Å². The van der Waals surface area contributed by atoms with E-state index in [0.717, 1.165) is 41.2 Å². The molecule has 2 unspecified atom stereocenters. The minimum atomic E-state index is -0.458. The Hall–Kier alpha value is -2.93. The fourth-order valence-corrected chi connectivity index (χ4v) is 4.53. The van der Waals surface area contributed by atoms with Crippen LogP contribution in [0, 0.1) is 6.92 Å². The number of methoxy groups -OCH3 is 2. The van der Waals surface area contributed by atoms with Crippen LogP contribution in [0.3, 0.4) is 0 Å². The maximum atomic E-state index is 12.7. The lowest BCUT2D eigenvalue weighted by Gasteiger charge is -2.32. The molecule has 28 heavy (non-hydrogen) atoms. The number of fused-ring (bicyclic) bond motifs is 3. The quantitative estimate of drug-likeness (QED) is 0.817. The van der Waals surface area contributed by atoms with Gasteiger partial charge in [-0.2, -0.15) is 0 Å². The van der Waals surface area contributed by atoms with Gasteiger partial charge in [0, 0.05) is 11.1 Å². The molecule has 2 atom stereocenters. The van der Waals surface area contributed by atoms with Crippen LogP contribution in [-0.2, 0) is 11.2 Å². The highest BCUT2D eigenvalue weighted by Crippen LogP contribution is 2.50. The lowest BCUT2D eigenvalue weighted by molar-refractivity contribution is 0.0284. The molecular formula is C21H21NO6. The molecule has 0 saturated carbocycles. The van der Waals surface area contributed by atoms with E-state index in [0.29, 0.717) is 17.1 Å². The Bertz CT molecular complexity index is 986. The average molecular weight is 383 g/mol. The third-order valence-corrected chi connectivity index (χ3v) is 5.73. The predicted molar refractivity (Wildman–Crippen MR) is 99.5 cm³/mol. The van der Waals surface area contributed by atoms with Crippen molar-refractivity contribution in [3.63, 3.8) is 0 Å². The van der Waals surface area contributed by atoms with Gasteiger partial charge >= 0.3 is 5.97 Å². The molecule has 3 aliphatic heterocycles. The molecule has 2 aromatic rings. The van der Waals surface area contributed by atoms with Gasteiger partial charge in [-0.3, -0.25) is 0 Å². The van der Waals surface area contributed by atoms with E-state index in [-0.39, 0.29) is 12.8 Å². The van der Waals surface area contributed by atoms with Gasteiger partial charge in [-0.15, -0.1) is 0 Å². The normalized spacial score (nSPS) is 21.8. The maximum Gasteiger partial charge on any atom is 0.343 e. The van der Waals surface area contributed by atoms with E-state index in [2.05, 4.69) is 5.32 Å². The van der Waals surface area contributed by atoms with Gasteiger partial charge in [0.2, 0.25) is 6.79 Å². The van der Waals surface area contributed by atoms with E-state index in [9.17, 15) is 4.79 Å². The van der Waals surface area contributed by atoms with Crippen LogP contribution in [0.25, 0.3) is 0 Å². The van der Waals surface area contributed by atoms with Crippen LogP contribution in [0.2, 0.25) is 0 Å². The topological polar surface area (TPSA) is 75.3 Å². The zero-order valence-corrected chi connectivity index (χ0v) is 16.0. The number of esters is 1. The first-order valence-corrected chi connectivity index (χ1v) is 9.25. The van der Waals surface area contributed by atoms with Crippen LogP contribution in [0.1, 0.15) is 44.8 Å². The standard InChI is InChI=1S/C21H21NO6/c1-10-15-11(8-14-18(10)27-9-26-14)6-7-22-17(15)19-12-4-5-13(24-2)20(25-3)16(12)21(23)28-19/h4-5,8,17,19,22H,6-7,9H2,1-3H3. The molecule has 0 fully saturated rings. The second-order valence-electron chi connectivity index (χ2n) is 7.08. The van der Waals surface area contributed by atoms with Crippen molar-refractivity contribution in [1.29, 1.82) is 0 Å². The van der Waals surface area contributed by atoms with Gasteiger partial charge < -0.3 is 29.0 Å². The Morgan fingerprint density at radius 1 is 1.18 bits per heavy atom. The molecule has 2 aromatic carbocycles. The molecule has 1 N–H and O–H groups in total. The number of nitrogens with one attached hydrogen (secondary N) is 1. The fraction of sp³-hybridized carbons (Fsp3) is 0.381. The van der Waals surface area contributed by atoms with Crippen LogP contribution in [-0.4, -0.2) is 33.5 Å². The fourth-order valence-electron chi connectivity index (χ4n) is 4.53. The van der Waals surface area contributed by atoms with Gasteiger partial charge in [-0.1, -0.05) is 6.07 Å². The number of ether oxygens (including phenoxy) is 5. The van der Waals surface area contributed by atoms with Gasteiger partial charge in [-0.05, 0) is 43.1 Å². The zero-order valence-electron chi connectivity index (χ0n) is 16.0. The van der Waals surface area contributed by atoms with Gasteiger partial charge in [0.1, 0.15) is 11.7 Å². The summed E-state index contributed by atoms with van der Waals surface area (Å²) in [5, 5.41) is 3.53. The van der Waals surface area contributed by atoms with Crippen LogP contribution in [0.4, 0.5) is 0 Å². The number of benzene rings is 2. The van der Waals surface area contributed by atoms with E-state index in [1.807, 2.05) is 25.1 Å². The summed E-state index contributed by atoms with van der Waals surface area (Å²) >= 11 is 0. The number of carbonyl (C=O) groups excluding carboxylic acids is 1. The molecule has 5 rings (SSSR count). The molecule has 0 bridgehead atoms. The summed E-state index contributed by atoms with van der Waals surface area (Å²) in [7, 11) is 3.07. The van der Waals surface area contributed by atoms with Gasteiger partial charge in [0.15, 0.2) is 23.0 Å². The van der Waals surface area contributed by atoms with Gasteiger partial charge in [0.25, 0.3) is 0 Å². The minimum absolute atomic E-state index is 0.179. The van der Waals surface area contributed by atoms with E-state index < -0.39 is 12.1 Å². The van der Waals surface area contributed by atoms with E-state index in [1.165, 1.54) is 12.7 Å². The second-order valence-corrected chi connectivity index (χ2v) is 7.08. The molecular weight excluding hydrogens is 362 g/mol. The SMILES string of the molecule is COc1ccc2c(c1OC)C(=O)OC2C1NCCc2cc3c(c(C)c21)OCO3. The Morgan fingerprint density at radius 2 is 2.04 bits per heavy atom. The predicted octanol–water partition coefficient (Wildman–Crippen LogP) is 2.84. The van der Waals surface area contributed by atoms with Crippen molar-refractivity contribution in [3.8, 4) is 23.0 Å². The maximum absolute atomic E-state index is 12.7. The first-order chi connectivity index (χ1) is 13.6. The molecule has 0 radical (unpaired) electrons. The molecule has 7 nitrogen and oxygen atoms in total. The van der Waals surface area contributed by atoms with Crippen LogP contribution in [0.5, 0.6) is 23.0 Å². The van der Waals surface area contributed by atoms with E-state index >= 15 is 0 Å². The monoisotopic (exact) mass is 383 g/mol. The summed E-state index contributed by atoms with van der Waals surface area (Å²) in [6.45, 7) is 3.04. The zero-order chi connectivity index (χ0) is 19.4. The summed E-state index contributed by atoms with van der Waals surface area (Å²) in [5.74, 6) is 2.07. The van der Waals surface area contributed by atoms with Crippen LogP contribution >= 0.6 is 0 Å². The Labute approximate surface area is 162 Å². The summed E-state index contributed by atoms with van der Waals surface area (Å²) in [4.78, 5) is 12.7. The largest absolute Gasteiger partial charge is 0.493 e. The molecule has 0 amide bonds. The van der Waals surface area contributed by atoms with Crippen molar-refractivity contribution >= 4 is 5.97 Å². The van der Waals surface area contributed by atoms with Crippen molar-refractivity contribution in [1.82, 2.24) is 5.32 Å². The molecule has 0 aromatic heterocycles. The highest BCUT2D eigenvalue weighted by Gasteiger charge is 2.43. The number of carbonyl (C=O) groups is 1. The van der Waals surface area contributed by atoms with Crippen molar-refractivity contribution in [3.05, 3.63) is 46.0 Å². The summed E-state index contributed by atoms with van der Waals surface area (Å²) in [5.41, 5.74) is 4.54. The lowest BCUT2D eigenvalue weighted by atomic mass is 9.84. The molecule has 0 aliphatic carbocycles. The Balaban J connectivity index is 1.64. The third-order valence-electron chi connectivity index (χ3n) is 5.73. The summed E-state index contributed by atoms with van der Waals surface area (Å²) in [6, 6.07) is 5.56. The summed E-state index contributed by atoms with van der Waals surface area (Å²) in [6.07, 6.45) is 0.420. The number of hydrogen-bond donors (Lipinski definition) is 1. The van der Waals surface area contributed by atoms with Crippen molar-refractivity contribution in [2.24, 2.45) is 0 Å². The molecule has 0 saturated heterocycles. The smallest absolute Gasteiger partial charge is 0.343 e. The molecule has 0 spiro atoms. The Morgan fingerprint density at radius 3 is 2.82 bits per heavy atom. The van der Waals surface area contributed by atoms with Crippen molar-refractivity contribution in [2.45, 2.75) is 25.5 Å². The number of hydrogen-bond acceptors (Lipinski definition) is 7. The first kappa shape index (κ1) is 17.2. The molecule has 3 heterocycles. The second kappa shape index (κ2) is 6.31. The van der Waals surface area contributed by atoms with Gasteiger partial charge in [0.05, 0.1) is 20.3 Å². The number of rotatable bonds is 3. The highest BCUT2D eigenvalue weighted by atomic mass is 16.7. The van der Waals surface area contributed by atoms with Crippen molar-refractivity contribution in [2.75, 3.05) is 27.6 Å². The first-order valence-electron chi connectivity index (χ1n) is 9.25. The molecule has 146 valence electrons. The van der Waals surface area contributed by atoms with E-state index in [1.54, 1.807) is 7.11 Å². The minimum Gasteiger partial charge on any atom is -0.493 e. The third kappa shape index (κ3) is 2.29. The summed E-state index contributed by atoms with van der Waals surface area (Å²) < 4.78 is 27.9. The van der Waals surface area contributed by atoms with Crippen molar-refractivity contribution < 1.29 is 28.5 Å². The number of cyclic esters (lactones) is 1. The molecule has 3 aliphatic rings. The average Bonchev–Trinajstić information content (AvgIpc) is 3.31.